The number of carbonyl (C=O) groups is 2. The number of amides is 2. The molecule has 6 heteroatoms. The lowest BCUT2D eigenvalue weighted by atomic mass is 9.89. The number of ether oxygens (including phenoxy) is 2. The topological polar surface area (TPSA) is 59.1 Å². The number of likely N-dealkylation sites (N-methyl/N-ethyl adjacent to an activating group) is 1. The second-order valence-electron chi connectivity index (χ2n) is 9.05. The molecule has 2 fully saturated rings. The fourth-order valence-electron chi connectivity index (χ4n) is 4.64. The number of carbonyl (C=O) groups excluding carboxylic acids is 2. The average molecular weight is 437 g/mol. The Labute approximate surface area is 190 Å². The van der Waals surface area contributed by atoms with Gasteiger partial charge < -0.3 is 19.3 Å². The summed E-state index contributed by atoms with van der Waals surface area (Å²) in [6, 6.07) is 16.6. The van der Waals surface area contributed by atoms with Crippen molar-refractivity contribution < 1.29 is 19.1 Å². The summed E-state index contributed by atoms with van der Waals surface area (Å²) in [5.41, 5.74) is 3.42. The Balaban J connectivity index is 1.56. The van der Waals surface area contributed by atoms with E-state index in [0.29, 0.717) is 26.2 Å². The fraction of sp³-hybridized carbons (Fsp3) is 0.462. The van der Waals surface area contributed by atoms with Crippen LogP contribution < -0.4 is 0 Å². The molecule has 0 bridgehead atoms. The maximum atomic E-state index is 13.3. The number of aryl methyl sites for hydroxylation is 1. The number of morpholine rings is 1. The second-order valence-corrected chi connectivity index (χ2v) is 9.05. The molecule has 0 N–H and O–H groups in total. The highest BCUT2D eigenvalue weighted by Crippen LogP contribution is 2.29. The maximum Gasteiger partial charge on any atom is 0.256 e. The first-order chi connectivity index (χ1) is 15.4. The molecule has 2 amide bonds. The molecule has 0 aliphatic carbocycles. The van der Waals surface area contributed by atoms with Gasteiger partial charge in [-0.15, -0.1) is 0 Å². The van der Waals surface area contributed by atoms with Crippen molar-refractivity contribution in [1.82, 2.24) is 9.80 Å². The van der Waals surface area contributed by atoms with Crippen LogP contribution in [0.1, 0.15) is 24.0 Å². The quantitative estimate of drug-likeness (QED) is 0.723. The summed E-state index contributed by atoms with van der Waals surface area (Å²) in [6.07, 6.45) is 1.66. The van der Waals surface area contributed by atoms with E-state index in [1.165, 1.54) is 5.56 Å². The van der Waals surface area contributed by atoms with Gasteiger partial charge in [0.15, 0.2) is 5.60 Å². The Morgan fingerprint density at radius 2 is 1.88 bits per heavy atom. The summed E-state index contributed by atoms with van der Waals surface area (Å²) >= 11 is 0. The van der Waals surface area contributed by atoms with Crippen molar-refractivity contribution in [1.29, 1.82) is 0 Å². The number of rotatable bonds is 5. The molecule has 0 saturated carbocycles. The standard InChI is InChI=1S/C26H32N2O4/c1-19-6-4-7-22(16-19)21-11-9-20(10-12-21)17-26(25(30)27(2)3)18-28(13-15-32-26)24(29)23-8-5-14-31-23/h4,6-7,9-12,16,23H,5,8,13-15,17-18H2,1-3H3/t23-,26-/m1/s1. The van der Waals surface area contributed by atoms with Gasteiger partial charge in [-0.1, -0.05) is 54.1 Å². The molecule has 2 atom stereocenters. The molecule has 0 aromatic heterocycles. The first kappa shape index (κ1) is 22.5. The second kappa shape index (κ2) is 9.43. The fourth-order valence-corrected chi connectivity index (χ4v) is 4.64. The van der Waals surface area contributed by atoms with Crippen molar-refractivity contribution >= 4 is 11.8 Å². The monoisotopic (exact) mass is 436 g/mol. The van der Waals surface area contributed by atoms with E-state index in [9.17, 15) is 9.59 Å². The van der Waals surface area contributed by atoms with Gasteiger partial charge in [-0.05, 0) is 36.5 Å². The van der Waals surface area contributed by atoms with Crippen molar-refractivity contribution in [2.75, 3.05) is 40.4 Å². The third kappa shape index (κ3) is 4.71. The average Bonchev–Trinajstić information content (AvgIpc) is 3.33. The smallest absolute Gasteiger partial charge is 0.256 e. The van der Waals surface area contributed by atoms with Crippen molar-refractivity contribution in [2.24, 2.45) is 0 Å². The van der Waals surface area contributed by atoms with Crippen LogP contribution in [0.25, 0.3) is 11.1 Å². The van der Waals surface area contributed by atoms with Gasteiger partial charge in [-0.25, -0.2) is 0 Å². The molecule has 2 saturated heterocycles. The lowest BCUT2D eigenvalue weighted by molar-refractivity contribution is -0.175. The van der Waals surface area contributed by atoms with Crippen molar-refractivity contribution in [2.45, 2.75) is 37.9 Å². The van der Waals surface area contributed by atoms with E-state index in [2.05, 4.69) is 43.3 Å². The summed E-state index contributed by atoms with van der Waals surface area (Å²) < 4.78 is 11.7. The number of nitrogens with zero attached hydrogens (tertiary/aromatic N) is 2. The summed E-state index contributed by atoms with van der Waals surface area (Å²) in [7, 11) is 3.46. The van der Waals surface area contributed by atoms with E-state index in [1.54, 1.807) is 23.9 Å². The molecule has 2 aromatic carbocycles. The highest BCUT2D eigenvalue weighted by Gasteiger charge is 2.47. The third-order valence-corrected chi connectivity index (χ3v) is 6.29. The van der Waals surface area contributed by atoms with E-state index in [-0.39, 0.29) is 18.4 Å². The minimum atomic E-state index is -1.10. The van der Waals surface area contributed by atoms with Gasteiger partial charge in [-0.2, -0.15) is 0 Å². The highest BCUT2D eigenvalue weighted by molar-refractivity contribution is 5.88. The molecular formula is C26H32N2O4. The number of hydrogen-bond donors (Lipinski definition) is 0. The first-order valence-electron chi connectivity index (χ1n) is 11.3. The molecule has 4 rings (SSSR count). The molecule has 0 spiro atoms. The van der Waals surface area contributed by atoms with Gasteiger partial charge in [0.1, 0.15) is 6.10 Å². The van der Waals surface area contributed by atoms with Crippen molar-refractivity contribution in [3.05, 3.63) is 59.7 Å². The third-order valence-electron chi connectivity index (χ3n) is 6.29. The van der Waals surface area contributed by atoms with E-state index in [4.69, 9.17) is 9.47 Å². The SMILES string of the molecule is Cc1cccc(-c2ccc(C[C@]3(C(=O)N(C)C)CN(C(=O)[C@H]4CCCO4)CCO3)cc2)c1. The summed E-state index contributed by atoms with van der Waals surface area (Å²) in [6.45, 7) is 3.75. The van der Waals surface area contributed by atoms with Gasteiger partial charge in [0, 0.05) is 33.7 Å². The van der Waals surface area contributed by atoms with Gasteiger partial charge in [0.25, 0.3) is 11.8 Å². The summed E-state index contributed by atoms with van der Waals surface area (Å²) in [5, 5.41) is 0. The number of benzene rings is 2. The van der Waals surface area contributed by atoms with Gasteiger partial charge in [0.2, 0.25) is 0 Å². The number of hydrogen-bond acceptors (Lipinski definition) is 4. The van der Waals surface area contributed by atoms with Crippen LogP contribution in [0.4, 0.5) is 0 Å². The predicted octanol–water partition coefficient (Wildman–Crippen LogP) is 3.07. The zero-order valence-corrected chi connectivity index (χ0v) is 19.2. The van der Waals surface area contributed by atoms with Crippen LogP contribution >= 0.6 is 0 Å². The molecule has 2 heterocycles. The molecular weight excluding hydrogens is 404 g/mol. The lowest BCUT2D eigenvalue weighted by Gasteiger charge is -2.43. The van der Waals surface area contributed by atoms with Crippen molar-refractivity contribution in [3.8, 4) is 11.1 Å². The highest BCUT2D eigenvalue weighted by atomic mass is 16.5. The van der Waals surface area contributed by atoms with E-state index in [1.807, 2.05) is 12.1 Å². The van der Waals surface area contributed by atoms with E-state index >= 15 is 0 Å². The normalized spacial score (nSPS) is 23.2. The van der Waals surface area contributed by atoms with Crippen LogP contribution in [0.5, 0.6) is 0 Å². The lowest BCUT2D eigenvalue weighted by Crippen LogP contribution is -2.62. The Kier molecular flexibility index (Phi) is 6.63. The zero-order valence-electron chi connectivity index (χ0n) is 19.2. The van der Waals surface area contributed by atoms with Gasteiger partial charge in [0.05, 0.1) is 13.2 Å². The maximum absolute atomic E-state index is 13.3. The molecule has 2 aliphatic rings. The zero-order chi connectivity index (χ0) is 22.7. The molecule has 32 heavy (non-hydrogen) atoms. The molecule has 0 radical (unpaired) electrons. The van der Waals surface area contributed by atoms with Crippen LogP contribution in [-0.4, -0.2) is 73.7 Å². The Bertz CT molecular complexity index is 966. The summed E-state index contributed by atoms with van der Waals surface area (Å²) in [4.78, 5) is 29.6. The van der Waals surface area contributed by atoms with Crippen LogP contribution in [0.15, 0.2) is 48.5 Å². The van der Waals surface area contributed by atoms with E-state index in [0.717, 1.165) is 29.5 Å². The predicted molar refractivity (Wildman–Crippen MR) is 123 cm³/mol. The van der Waals surface area contributed by atoms with E-state index < -0.39 is 11.7 Å². The molecule has 0 unspecified atom stereocenters. The molecule has 6 nitrogen and oxygen atoms in total. The Morgan fingerprint density at radius 3 is 2.53 bits per heavy atom. The van der Waals surface area contributed by atoms with Crippen LogP contribution in [-0.2, 0) is 25.5 Å². The van der Waals surface area contributed by atoms with Crippen LogP contribution in [0.3, 0.4) is 0 Å². The first-order valence-corrected chi connectivity index (χ1v) is 11.3. The van der Waals surface area contributed by atoms with Crippen LogP contribution in [0.2, 0.25) is 0 Å². The molecule has 170 valence electrons. The summed E-state index contributed by atoms with van der Waals surface area (Å²) in [5.74, 6) is -0.151. The van der Waals surface area contributed by atoms with Crippen LogP contribution in [0, 0.1) is 6.92 Å². The van der Waals surface area contributed by atoms with Gasteiger partial charge >= 0.3 is 0 Å². The largest absolute Gasteiger partial charge is 0.368 e. The van der Waals surface area contributed by atoms with Crippen molar-refractivity contribution in [3.63, 3.8) is 0 Å². The Hall–Kier alpha value is -2.70. The molecule has 2 aliphatic heterocycles. The Morgan fingerprint density at radius 1 is 1.09 bits per heavy atom. The molecule has 2 aromatic rings. The van der Waals surface area contributed by atoms with Gasteiger partial charge in [-0.3, -0.25) is 9.59 Å². The minimum Gasteiger partial charge on any atom is -0.368 e. The minimum absolute atomic E-state index is 0.0310.